The zero-order valence-corrected chi connectivity index (χ0v) is 12.8. The normalized spacial score (nSPS) is 20.8. The number of alkyl halides is 3. The fourth-order valence-corrected chi connectivity index (χ4v) is 2.88. The Balaban J connectivity index is 2.17. The second kappa shape index (κ2) is 6.44. The number of hydrogen-bond acceptors (Lipinski definition) is 2. The Kier molecular flexibility index (Phi) is 5.04. The lowest BCUT2D eigenvalue weighted by atomic mass is 9.92. The van der Waals surface area contributed by atoms with Crippen LogP contribution < -0.4 is 10.1 Å². The summed E-state index contributed by atoms with van der Waals surface area (Å²) in [4.78, 5) is 0. The Bertz CT molecular complexity index is 484. The molecule has 0 amide bonds. The van der Waals surface area contributed by atoms with Gasteiger partial charge in [-0.3, -0.25) is 0 Å². The van der Waals surface area contributed by atoms with E-state index in [1.165, 1.54) is 6.07 Å². The minimum absolute atomic E-state index is 0.00133. The van der Waals surface area contributed by atoms with E-state index in [0.717, 1.165) is 31.6 Å². The highest BCUT2D eigenvalue weighted by Crippen LogP contribution is 2.36. The maximum atomic E-state index is 12.6. The molecule has 2 nitrogen and oxygen atoms in total. The molecule has 21 heavy (non-hydrogen) atoms. The molecule has 2 rings (SSSR count). The van der Waals surface area contributed by atoms with Gasteiger partial charge in [0.25, 0.3) is 0 Å². The maximum absolute atomic E-state index is 12.6. The molecular formula is C15H19ClF3NO. The molecule has 0 radical (unpaired) electrons. The van der Waals surface area contributed by atoms with Gasteiger partial charge in [0.05, 0.1) is 10.6 Å². The fourth-order valence-electron chi connectivity index (χ4n) is 2.65. The van der Waals surface area contributed by atoms with Gasteiger partial charge in [-0.2, -0.15) is 13.2 Å². The monoisotopic (exact) mass is 321 g/mol. The minimum Gasteiger partial charge on any atom is -0.488 e. The highest BCUT2D eigenvalue weighted by Gasteiger charge is 2.32. The first kappa shape index (κ1) is 16.4. The van der Waals surface area contributed by atoms with Crippen molar-refractivity contribution in [3.05, 3.63) is 28.8 Å². The predicted octanol–water partition coefficient (Wildman–Crippen LogP) is 4.37. The number of nitrogens with one attached hydrogen (secondary N) is 1. The van der Waals surface area contributed by atoms with Crippen LogP contribution in [0.25, 0.3) is 0 Å². The molecule has 1 heterocycles. The molecule has 2 atom stereocenters. The van der Waals surface area contributed by atoms with Crippen molar-refractivity contribution in [1.82, 2.24) is 5.32 Å². The van der Waals surface area contributed by atoms with Crippen molar-refractivity contribution in [3.8, 4) is 5.75 Å². The average molecular weight is 322 g/mol. The lowest BCUT2D eigenvalue weighted by Crippen LogP contribution is -2.33. The molecule has 1 saturated heterocycles. The highest BCUT2D eigenvalue weighted by molar-refractivity contribution is 6.32. The lowest BCUT2D eigenvalue weighted by molar-refractivity contribution is -0.137. The van der Waals surface area contributed by atoms with Crippen molar-refractivity contribution < 1.29 is 17.9 Å². The van der Waals surface area contributed by atoms with E-state index in [9.17, 15) is 13.2 Å². The van der Waals surface area contributed by atoms with Crippen LogP contribution in [0.2, 0.25) is 5.02 Å². The summed E-state index contributed by atoms with van der Waals surface area (Å²) >= 11 is 5.95. The second-order valence-corrected chi connectivity index (χ2v) is 6.13. The van der Waals surface area contributed by atoms with Gasteiger partial charge in [-0.25, -0.2) is 0 Å². The van der Waals surface area contributed by atoms with E-state index >= 15 is 0 Å². The van der Waals surface area contributed by atoms with Gasteiger partial charge in [0.15, 0.2) is 0 Å². The van der Waals surface area contributed by atoms with Crippen molar-refractivity contribution in [2.75, 3.05) is 13.1 Å². The standard InChI is InChI=1S/C15H19ClF3NO/c1-9(2)14(10-5-6-20-8-10)21-13-4-3-11(7-12(13)16)15(17,18)19/h3-4,7,9-10,14,20H,5-6,8H2,1-2H3/t10?,14-/m0/s1. The molecule has 1 aliphatic rings. The summed E-state index contributed by atoms with van der Waals surface area (Å²) in [5.41, 5.74) is -0.761. The second-order valence-electron chi connectivity index (χ2n) is 5.72. The van der Waals surface area contributed by atoms with E-state index in [0.29, 0.717) is 11.7 Å². The molecule has 1 aromatic carbocycles. The Labute approximate surface area is 127 Å². The zero-order valence-electron chi connectivity index (χ0n) is 12.0. The highest BCUT2D eigenvalue weighted by atomic mass is 35.5. The summed E-state index contributed by atoms with van der Waals surface area (Å²) in [6.45, 7) is 5.89. The summed E-state index contributed by atoms with van der Waals surface area (Å²) in [6.07, 6.45) is -3.45. The van der Waals surface area contributed by atoms with Crippen LogP contribution in [0, 0.1) is 11.8 Å². The molecule has 0 bridgehead atoms. The maximum Gasteiger partial charge on any atom is 0.416 e. The quantitative estimate of drug-likeness (QED) is 0.889. The van der Waals surface area contributed by atoms with Gasteiger partial charge in [-0.1, -0.05) is 25.4 Å². The van der Waals surface area contributed by atoms with Crippen LogP contribution in [-0.2, 0) is 6.18 Å². The average Bonchev–Trinajstić information content (AvgIpc) is 2.89. The Morgan fingerprint density at radius 2 is 2.05 bits per heavy atom. The van der Waals surface area contributed by atoms with E-state index in [2.05, 4.69) is 5.32 Å². The van der Waals surface area contributed by atoms with Crippen LogP contribution in [0.4, 0.5) is 13.2 Å². The molecule has 1 N–H and O–H groups in total. The van der Waals surface area contributed by atoms with Crippen molar-refractivity contribution in [2.45, 2.75) is 32.5 Å². The smallest absolute Gasteiger partial charge is 0.416 e. The van der Waals surface area contributed by atoms with Gasteiger partial charge in [-0.15, -0.1) is 0 Å². The third-order valence-corrected chi connectivity index (χ3v) is 4.04. The number of halogens is 4. The Hall–Kier alpha value is -0.940. The molecule has 1 unspecified atom stereocenters. The molecule has 6 heteroatoms. The van der Waals surface area contributed by atoms with Gasteiger partial charge in [0, 0.05) is 12.5 Å². The number of ether oxygens (including phenoxy) is 1. The third kappa shape index (κ3) is 4.04. The molecule has 0 aliphatic carbocycles. The van der Waals surface area contributed by atoms with Crippen LogP contribution in [-0.4, -0.2) is 19.2 Å². The van der Waals surface area contributed by atoms with Gasteiger partial charge in [-0.05, 0) is 37.1 Å². The van der Waals surface area contributed by atoms with Crippen molar-refractivity contribution in [2.24, 2.45) is 11.8 Å². The summed E-state index contributed by atoms with van der Waals surface area (Å²) in [6, 6.07) is 3.23. The van der Waals surface area contributed by atoms with E-state index in [-0.39, 0.29) is 17.0 Å². The molecule has 118 valence electrons. The van der Waals surface area contributed by atoms with Gasteiger partial charge in [0.2, 0.25) is 0 Å². The summed E-state index contributed by atoms with van der Waals surface area (Å²) in [5, 5.41) is 3.28. The number of hydrogen-bond donors (Lipinski definition) is 1. The summed E-state index contributed by atoms with van der Waals surface area (Å²) < 4.78 is 43.8. The summed E-state index contributed by atoms with van der Waals surface area (Å²) in [5.74, 6) is 0.923. The molecule has 0 spiro atoms. The van der Waals surface area contributed by atoms with Crippen LogP contribution in [0.5, 0.6) is 5.75 Å². The fraction of sp³-hybridized carbons (Fsp3) is 0.600. The third-order valence-electron chi connectivity index (χ3n) is 3.74. The largest absolute Gasteiger partial charge is 0.488 e. The van der Waals surface area contributed by atoms with E-state index in [4.69, 9.17) is 16.3 Å². The van der Waals surface area contributed by atoms with Crippen LogP contribution in [0.3, 0.4) is 0 Å². The zero-order chi connectivity index (χ0) is 15.6. The van der Waals surface area contributed by atoms with Gasteiger partial charge < -0.3 is 10.1 Å². The van der Waals surface area contributed by atoms with Crippen LogP contribution in [0.15, 0.2) is 18.2 Å². The molecule has 1 aromatic rings. The first-order valence-electron chi connectivity index (χ1n) is 7.03. The van der Waals surface area contributed by atoms with Gasteiger partial charge in [0.1, 0.15) is 11.9 Å². The number of benzene rings is 1. The lowest BCUT2D eigenvalue weighted by Gasteiger charge is -2.28. The first-order valence-corrected chi connectivity index (χ1v) is 7.41. The molecule has 1 fully saturated rings. The van der Waals surface area contributed by atoms with Crippen molar-refractivity contribution in [1.29, 1.82) is 0 Å². The minimum atomic E-state index is -4.39. The van der Waals surface area contributed by atoms with E-state index < -0.39 is 11.7 Å². The first-order chi connectivity index (χ1) is 9.79. The summed E-state index contributed by atoms with van der Waals surface area (Å²) in [7, 11) is 0. The molecule has 0 saturated carbocycles. The number of rotatable bonds is 4. The van der Waals surface area contributed by atoms with Crippen molar-refractivity contribution in [3.63, 3.8) is 0 Å². The predicted molar refractivity (Wildman–Crippen MR) is 76.7 cm³/mol. The Morgan fingerprint density at radius 3 is 2.52 bits per heavy atom. The Morgan fingerprint density at radius 1 is 1.33 bits per heavy atom. The molecule has 0 aromatic heterocycles. The van der Waals surface area contributed by atoms with Crippen molar-refractivity contribution >= 4 is 11.6 Å². The molecule has 1 aliphatic heterocycles. The topological polar surface area (TPSA) is 21.3 Å². The molecular weight excluding hydrogens is 303 g/mol. The van der Waals surface area contributed by atoms with Crippen LogP contribution in [0.1, 0.15) is 25.8 Å². The van der Waals surface area contributed by atoms with Gasteiger partial charge >= 0.3 is 6.18 Å². The van der Waals surface area contributed by atoms with E-state index in [1.807, 2.05) is 13.8 Å². The van der Waals surface area contributed by atoms with Crippen LogP contribution >= 0.6 is 11.6 Å². The van der Waals surface area contributed by atoms with E-state index in [1.54, 1.807) is 0 Å². The SMILES string of the molecule is CC(C)[C@H](Oc1ccc(C(F)(F)F)cc1Cl)C1CCNC1.